The fourth-order valence-electron chi connectivity index (χ4n) is 0.363. The molecule has 0 aliphatic carbocycles. The Morgan fingerprint density at radius 2 is 1.78 bits per heavy atom. The maximum absolute atomic E-state index is 7.00. The number of aliphatic hydroxyl groups is 1. The van der Waals surface area contributed by atoms with Crippen LogP contribution >= 0.6 is 0 Å². The van der Waals surface area contributed by atoms with E-state index in [1.807, 2.05) is 0 Å². The lowest BCUT2D eigenvalue weighted by Gasteiger charge is -1.83. The van der Waals surface area contributed by atoms with Crippen LogP contribution < -0.4 is 5.73 Å². The van der Waals surface area contributed by atoms with E-state index in [1.165, 1.54) is 0 Å². The minimum Gasteiger partial charge on any atom is -0.400 e. The summed E-state index contributed by atoms with van der Waals surface area (Å²) in [4.78, 5) is 3.77. The van der Waals surface area contributed by atoms with Gasteiger partial charge in [0.05, 0.1) is 0 Å². The fourth-order valence-corrected chi connectivity index (χ4v) is 0.363. The Morgan fingerprint density at radius 1 is 1.33 bits per heavy atom. The minimum absolute atomic E-state index is 0.759. The molecule has 0 bridgehead atoms. The Balaban J connectivity index is 0.000000291. The minimum atomic E-state index is 0.759. The molecule has 0 fully saturated rings. The van der Waals surface area contributed by atoms with E-state index in [0.29, 0.717) is 0 Å². The highest BCUT2D eigenvalue weighted by atomic mass is 16.2. The maximum Gasteiger partial charge on any atom is 0.0344 e. The van der Waals surface area contributed by atoms with Crippen molar-refractivity contribution in [2.45, 2.75) is 0 Å². The molecule has 0 aliphatic rings. The summed E-state index contributed by atoms with van der Waals surface area (Å²) in [6.07, 6.45) is 3.32. The van der Waals surface area contributed by atoms with Crippen LogP contribution in [0.25, 0.3) is 0 Å². The topological polar surface area (TPSA) is 59.1 Å². The zero-order chi connectivity index (χ0) is 7.11. The van der Waals surface area contributed by atoms with Gasteiger partial charge in [-0.05, 0) is 12.1 Å². The van der Waals surface area contributed by atoms with Crippen LogP contribution in [0.1, 0.15) is 0 Å². The number of nitrogens with two attached hydrogens (primary N) is 1. The Morgan fingerprint density at radius 3 is 2.00 bits per heavy atom. The maximum atomic E-state index is 7.00. The number of nitrogens with zero attached hydrogens (tertiary/aromatic N) is 1. The third-order valence-electron chi connectivity index (χ3n) is 0.706. The number of aromatic nitrogens is 1. The smallest absolute Gasteiger partial charge is 0.0344 e. The number of anilines is 1. The molecule has 0 saturated carbocycles. The lowest BCUT2D eigenvalue weighted by molar-refractivity contribution is 0.399. The van der Waals surface area contributed by atoms with Gasteiger partial charge in [-0.2, -0.15) is 0 Å². The average Bonchev–Trinajstić information content (AvgIpc) is 1.94. The largest absolute Gasteiger partial charge is 0.400 e. The highest BCUT2D eigenvalue weighted by molar-refractivity contribution is 5.33. The van der Waals surface area contributed by atoms with Crippen LogP contribution in [0.15, 0.2) is 24.5 Å². The predicted molar refractivity (Wildman–Crippen MR) is 36.8 cm³/mol. The molecule has 0 amide bonds. The van der Waals surface area contributed by atoms with Gasteiger partial charge in [-0.1, -0.05) is 0 Å². The number of pyridine rings is 1. The SMILES string of the molecule is CO.Nc1ccncc1. The van der Waals surface area contributed by atoms with E-state index >= 15 is 0 Å². The second-order valence-corrected chi connectivity index (χ2v) is 1.28. The molecule has 1 aromatic rings. The summed E-state index contributed by atoms with van der Waals surface area (Å²) in [5, 5.41) is 7.00. The number of nitrogen functional groups attached to an aromatic ring is 1. The van der Waals surface area contributed by atoms with Crippen LogP contribution in [0.3, 0.4) is 0 Å². The van der Waals surface area contributed by atoms with Crippen molar-refractivity contribution in [3.63, 3.8) is 0 Å². The fraction of sp³-hybridized carbons (Fsp3) is 0.167. The lowest BCUT2D eigenvalue weighted by atomic mass is 10.4. The summed E-state index contributed by atoms with van der Waals surface area (Å²) in [5.41, 5.74) is 6.08. The summed E-state index contributed by atoms with van der Waals surface area (Å²) < 4.78 is 0. The molecule has 0 aromatic carbocycles. The molecular formula is C6H10N2O. The predicted octanol–water partition coefficient (Wildman–Crippen LogP) is 0.272. The van der Waals surface area contributed by atoms with Gasteiger partial charge in [-0.15, -0.1) is 0 Å². The highest BCUT2D eigenvalue weighted by Crippen LogP contribution is 1.92. The van der Waals surface area contributed by atoms with Crippen LogP contribution in [-0.4, -0.2) is 17.2 Å². The van der Waals surface area contributed by atoms with Crippen molar-refractivity contribution < 1.29 is 5.11 Å². The number of rotatable bonds is 0. The summed E-state index contributed by atoms with van der Waals surface area (Å²) >= 11 is 0. The third kappa shape index (κ3) is 3.49. The van der Waals surface area contributed by atoms with E-state index in [4.69, 9.17) is 10.8 Å². The number of aliphatic hydroxyl groups excluding tert-OH is 1. The van der Waals surface area contributed by atoms with E-state index in [0.717, 1.165) is 12.8 Å². The second-order valence-electron chi connectivity index (χ2n) is 1.28. The van der Waals surface area contributed by atoms with Crippen molar-refractivity contribution in [1.82, 2.24) is 4.98 Å². The number of hydrogen-bond acceptors (Lipinski definition) is 3. The van der Waals surface area contributed by atoms with Crippen LogP contribution in [0.5, 0.6) is 0 Å². The first-order chi connectivity index (χ1) is 4.39. The van der Waals surface area contributed by atoms with E-state index in [2.05, 4.69) is 4.98 Å². The Labute approximate surface area is 54.2 Å². The first kappa shape index (κ1) is 7.91. The summed E-state index contributed by atoms with van der Waals surface area (Å²) in [7, 11) is 1.00. The Hall–Kier alpha value is -1.09. The Bertz CT molecular complexity index is 141. The van der Waals surface area contributed by atoms with Gasteiger partial charge >= 0.3 is 0 Å². The first-order valence-electron chi connectivity index (χ1n) is 2.50. The molecule has 50 valence electrons. The van der Waals surface area contributed by atoms with Gasteiger partial charge in [0.1, 0.15) is 0 Å². The molecule has 3 heteroatoms. The molecular weight excluding hydrogens is 116 g/mol. The van der Waals surface area contributed by atoms with Crippen LogP contribution in [0.2, 0.25) is 0 Å². The van der Waals surface area contributed by atoms with Gasteiger partial charge in [0, 0.05) is 25.2 Å². The van der Waals surface area contributed by atoms with Crippen molar-refractivity contribution in [3.8, 4) is 0 Å². The van der Waals surface area contributed by atoms with Crippen molar-refractivity contribution in [2.75, 3.05) is 12.8 Å². The number of hydrogen-bond donors (Lipinski definition) is 2. The quantitative estimate of drug-likeness (QED) is 0.524. The standard InChI is InChI=1S/C5H6N2.CH4O/c6-5-1-3-7-4-2-5;1-2/h1-4H,(H2,6,7);2H,1H3. The van der Waals surface area contributed by atoms with Gasteiger partial charge in [-0.3, -0.25) is 4.98 Å². The molecule has 0 aliphatic heterocycles. The van der Waals surface area contributed by atoms with Gasteiger partial charge in [0.2, 0.25) is 0 Å². The molecule has 1 heterocycles. The summed E-state index contributed by atoms with van der Waals surface area (Å²) in [6.45, 7) is 0. The van der Waals surface area contributed by atoms with Gasteiger partial charge in [-0.25, -0.2) is 0 Å². The summed E-state index contributed by atoms with van der Waals surface area (Å²) in [5.74, 6) is 0. The first-order valence-corrected chi connectivity index (χ1v) is 2.50. The van der Waals surface area contributed by atoms with Crippen LogP contribution in [0.4, 0.5) is 5.69 Å². The third-order valence-corrected chi connectivity index (χ3v) is 0.706. The molecule has 9 heavy (non-hydrogen) atoms. The van der Waals surface area contributed by atoms with E-state index in [1.54, 1.807) is 24.5 Å². The molecule has 0 atom stereocenters. The monoisotopic (exact) mass is 126 g/mol. The molecule has 0 unspecified atom stereocenters. The van der Waals surface area contributed by atoms with E-state index in [-0.39, 0.29) is 0 Å². The second kappa shape index (κ2) is 5.05. The van der Waals surface area contributed by atoms with Crippen molar-refractivity contribution in [2.24, 2.45) is 0 Å². The van der Waals surface area contributed by atoms with Crippen molar-refractivity contribution in [3.05, 3.63) is 24.5 Å². The summed E-state index contributed by atoms with van der Waals surface area (Å²) in [6, 6.07) is 3.50. The molecule has 3 N–H and O–H groups in total. The van der Waals surface area contributed by atoms with Gasteiger partial charge in [0.15, 0.2) is 0 Å². The van der Waals surface area contributed by atoms with Crippen LogP contribution in [0, 0.1) is 0 Å². The molecule has 0 saturated heterocycles. The molecule has 0 spiro atoms. The molecule has 1 rings (SSSR count). The highest BCUT2D eigenvalue weighted by Gasteiger charge is 1.73. The van der Waals surface area contributed by atoms with Crippen molar-refractivity contribution >= 4 is 5.69 Å². The zero-order valence-electron chi connectivity index (χ0n) is 5.28. The molecule has 1 aromatic heterocycles. The normalized spacial score (nSPS) is 7.33. The zero-order valence-corrected chi connectivity index (χ0v) is 5.28. The van der Waals surface area contributed by atoms with Gasteiger partial charge < -0.3 is 10.8 Å². The van der Waals surface area contributed by atoms with Crippen molar-refractivity contribution in [1.29, 1.82) is 0 Å². The molecule has 3 nitrogen and oxygen atoms in total. The molecule has 0 radical (unpaired) electrons. The lowest BCUT2D eigenvalue weighted by Crippen LogP contribution is -1.81. The Kier molecular flexibility index (Phi) is 4.44. The van der Waals surface area contributed by atoms with Crippen LogP contribution in [-0.2, 0) is 0 Å². The van der Waals surface area contributed by atoms with Gasteiger partial charge in [0.25, 0.3) is 0 Å². The van der Waals surface area contributed by atoms with E-state index in [9.17, 15) is 0 Å². The van der Waals surface area contributed by atoms with E-state index < -0.39 is 0 Å². The average molecular weight is 126 g/mol.